The summed E-state index contributed by atoms with van der Waals surface area (Å²) in [7, 11) is 0. The van der Waals surface area contributed by atoms with Gasteiger partial charge in [0.1, 0.15) is 12.1 Å². The zero-order valence-corrected chi connectivity index (χ0v) is 15.7. The molecule has 26 heavy (non-hydrogen) atoms. The highest BCUT2D eigenvalue weighted by molar-refractivity contribution is 6.09. The number of hydrogen-bond acceptors (Lipinski definition) is 3. The Bertz CT molecular complexity index is 702. The maximum Gasteiger partial charge on any atom is 0.325 e. The van der Waals surface area contributed by atoms with Crippen LogP contribution in [0, 0.1) is 5.92 Å². The molecule has 1 aliphatic carbocycles. The molecule has 0 bridgehead atoms. The summed E-state index contributed by atoms with van der Waals surface area (Å²) in [5.41, 5.74) is 0.180. The van der Waals surface area contributed by atoms with Crippen LogP contribution in [-0.2, 0) is 16.1 Å². The molecule has 1 heterocycles. The second-order valence-corrected chi connectivity index (χ2v) is 7.56. The lowest BCUT2D eigenvalue weighted by atomic mass is 9.96. The fraction of sp³-hybridized carbons (Fsp3) is 0.550. The molecule has 1 aromatic carbocycles. The molecule has 2 aliphatic rings. The quantitative estimate of drug-likeness (QED) is 0.763. The Labute approximate surface area is 154 Å². The molecule has 1 saturated heterocycles. The third-order valence-corrected chi connectivity index (χ3v) is 5.63. The van der Waals surface area contributed by atoms with Crippen LogP contribution in [0.25, 0.3) is 0 Å². The van der Waals surface area contributed by atoms with Gasteiger partial charge < -0.3 is 10.2 Å². The van der Waals surface area contributed by atoms with Crippen molar-refractivity contribution in [1.29, 1.82) is 0 Å². The third kappa shape index (κ3) is 3.45. The van der Waals surface area contributed by atoms with Gasteiger partial charge in [0.2, 0.25) is 5.91 Å². The van der Waals surface area contributed by atoms with Crippen molar-refractivity contribution in [1.82, 2.24) is 15.1 Å². The Balaban J connectivity index is 1.73. The number of carbonyl (C=O) groups excluding carboxylic acids is 3. The van der Waals surface area contributed by atoms with E-state index < -0.39 is 11.6 Å². The summed E-state index contributed by atoms with van der Waals surface area (Å²) in [6.07, 6.45) is 2.69. The first-order valence-electron chi connectivity index (χ1n) is 9.34. The summed E-state index contributed by atoms with van der Waals surface area (Å²) in [6, 6.07) is 9.33. The van der Waals surface area contributed by atoms with Crippen molar-refractivity contribution in [2.75, 3.05) is 6.54 Å². The van der Waals surface area contributed by atoms with Gasteiger partial charge in [-0.3, -0.25) is 14.5 Å². The van der Waals surface area contributed by atoms with E-state index in [-0.39, 0.29) is 30.3 Å². The van der Waals surface area contributed by atoms with Gasteiger partial charge in [-0.1, -0.05) is 37.3 Å². The molecule has 1 aromatic rings. The van der Waals surface area contributed by atoms with E-state index in [2.05, 4.69) is 5.32 Å². The first-order valence-corrected chi connectivity index (χ1v) is 9.34. The first kappa shape index (κ1) is 18.4. The van der Waals surface area contributed by atoms with Crippen molar-refractivity contribution in [2.24, 2.45) is 5.92 Å². The highest BCUT2D eigenvalue weighted by atomic mass is 16.2. The molecule has 2 atom stereocenters. The van der Waals surface area contributed by atoms with Crippen LogP contribution in [0.1, 0.15) is 45.6 Å². The molecule has 6 nitrogen and oxygen atoms in total. The van der Waals surface area contributed by atoms with Crippen LogP contribution in [0.15, 0.2) is 30.3 Å². The third-order valence-electron chi connectivity index (χ3n) is 5.63. The largest absolute Gasteiger partial charge is 0.334 e. The van der Waals surface area contributed by atoms with E-state index in [1.54, 1.807) is 11.8 Å². The predicted molar refractivity (Wildman–Crippen MR) is 98.1 cm³/mol. The van der Waals surface area contributed by atoms with E-state index in [1.807, 2.05) is 44.2 Å². The van der Waals surface area contributed by atoms with E-state index in [1.165, 1.54) is 0 Å². The van der Waals surface area contributed by atoms with Gasteiger partial charge in [0.15, 0.2) is 0 Å². The average Bonchev–Trinajstić information content (AvgIpc) is 3.46. The highest BCUT2D eigenvalue weighted by Crippen LogP contribution is 2.42. The molecule has 0 spiro atoms. The molecule has 1 saturated carbocycles. The molecule has 2 fully saturated rings. The summed E-state index contributed by atoms with van der Waals surface area (Å²) in [5.74, 6) is -0.289. The fourth-order valence-corrected chi connectivity index (χ4v) is 3.51. The van der Waals surface area contributed by atoms with E-state index in [4.69, 9.17) is 0 Å². The zero-order chi connectivity index (χ0) is 18.9. The van der Waals surface area contributed by atoms with Gasteiger partial charge >= 0.3 is 6.03 Å². The lowest BCUT2D eigenvalue weighted by molar-refractivity contribution is -0.140. The van der Waals surface area contributed by atoms with Gasteiger partial charge in [-0.05, 0) is 44.6 Å². The Morgan fingerprint density at radius 1 is 1.31 bits per heavy atom. The average molecular weight is 357 g/mol. The number of nitrogens with one attached hydrogen (secondary N) is 1. The number of imide groups is 1. The van der Waals surface area contributed by atoms with Crippen LogP contribution in [0.2, 0.25) is 0 Å². The summed E-state index contributed by atoms with van der Waals surface area (Å²) in [4.78, 5) is 40.8. The number of benzene rings is 1. The van der Waals surface area contributed by atoms with Crippen LogP contribution in [0.3, 0.4) is 0 Å². The Kier molecular flexibility index (Phi) is 5.03. The van der Waals surface area contributed by atoms with Gasteiger partial charge in [-0.25, -0.2) is 4.79 Å². The Morgan fingerprint density at radius 2 is 1.96 bits per heavy atom. The van der Waals surface area contributed by atoms with Gasteiger partial charge in [0.05, 0.1) is 0 Å². The molecule has 6 heteroatoms. The normalized spacial score (nSPS) is 23.7. The van der Waals surface area contributed by atoms with Crippen molar-refractivity contribution in [3.8, 4) is 0 Å². The minimum absolute atomic E-state index is 0.0262. The zero-order valence-electron chi connectivity index (χ0n) is 15.7. The summed E-state index contributed by atoms with van der Waals surface area (Å²) >= 11 is 0. The standard InChI is InChI=1S/C20H27N3O3/c1-4-14(2)22(12-15-8-6-5-7-9-15)17(24)13-23-18(25)20(3,16-10-11-16)21-19(23)26/h5-9,14,16H,4,10-13H2,1-3H3,(H,21,26). The Hall–Kier alpha value is -2.37. The highest BCUT2D eigenvalue weighted by Gasteiger charge is 2.56. The number of nitrogens with zero attached hydrogens (tertiary/aromatic N) is 2. The van der Waals surface area contributed by atoms with E-state index in [0.717, 1.165) is 29.7 Å². The van der Waals surface area contributed by atoms with E-state index in [9.17, 15) is 14.4 Å². The van der Waals surface area contributed by atoms with Crippen molar-refractivity contribution in [3.63, 3.8) is 0 Å². The summed E-state index contributed by atoms with van der Waals surface area (Å²) < 4.78 is 0. The molecular formula is C20H27N3O3. The topological polar surface area (TPSA) is 69.7 Å². The van der Waals surface area contributed by atoms with E-state index >= 15 is 0 Å². The first-order chi connectivity index (χ1) is 12.4. The SMILES string of the molecule is CCC(C)N(Cc1ccccc1)C(=O)CN1C(=O)NC(C)(C2CC2)C1=O. The summed E-state index contributed by atoms with van der Waals surface area (Å²) in [6.45, 7) is 6.04. The van der Waals surface area contributed by atoms with Crippen molar-refractivity contribution in [2.45, 2.75) is 58.2 Å². The molecule has 1 aliphatic heterocycles. The van der Waals surface area contributed by atoms with Gasteiger partial charge in [0.25, 0.3) is 5.91 Å². The van der Waals surface area contributed by atoms with Crippen LogP contribution in [-0.4, -0.2) is 45.8 Å². The van der Waals surface area contributed by atoms with Crippen LogP contribution in [0.4, 0.5) is 4.79 Å². The van der Waals surface area contributed by atoms with Gasteiger partial charge in [-0.15, -0.1) is 0 Å². The fourth-order valence-electron chi connectivity index (χ4n) is 3.51. The minimum atomic E-state index is -0.849. The molecule has 3 rings (SSSR count). The van der Waals surface area contributed by atoms with Gasteiger partial charge in [0, 0.05) is 12.6 Å². The number of carbonyl (C=O) groups is 3. The second kappa shape index (κ2) is 7.09. The van der Waals surface area contributed by atoms with Crippen LogP contribution < -0.4 is 5.32 Å². The summed E-state index contributed by atoms with van der Waals surface area (Å²) in [5, 5.41) is 2.80. The minimum Gasteiger partial charge on any atom is -0.334 e. The van der Waals surface area contributed by atoms with Crippen LogP contribution >= 0.6 is 0 Å². The molecule has 1 N–H and O–H groups in total. The van der Waals surface area contributed by atoms with Crippen LogP contribution in [0.5, 0.6) is 0 Å². The molecule has 4 amide bonds. The predicted octanol–water partition coefficient (Wildman–Crippen LogP) is 2.53. The molecule has 0 aromatic heterocycles. The monoisotopic (exact) mass is 357 g/mol. The van der Waals surface area contributed by atoms with Crippen molar-refractivity contribution < 1.29 is 14.4 Å². The van der Waals surface area contributed by atoms with Crippen molar-refractivity contribution in [3.05, 3.63) is 35.9 Å². The van der Waals surface area contributed by atoms with E-state index in [0.29, 0.717) is 6.54 Å². The molecule has 0 radical (unpaired) electrons. The molecule has 140 valence electrons. The number of rotatable bonds is 7. The van der Waals surface area contributed by atoms with Gasteiger partial charge in [-0.2, -0.15) is 0 Å². The maximum atomic E-state index is 12.9. The van der Waals surface area contributed by atoms with Crippen molar-refractivity contribution >= 4 is 17.8 Å². The molecule has 2 unspecified atom stereocenters. The second-order valence-electron chi connectivity index (χ2n) is 7.56. The Morgan fingerprint density at radius 3 is 2.54 bits per heavy atom. The maximum absolute atomic E-state index is 12.9. The lowest BCUT2D eigenvalue weighted by Crippen LogP contribution is -2.48. The number of urea groups is 1. The lowest BCUT2D eigenvalue weighted by Gasteiger charge is -2.30. The smallest absolute Gasteiger partial charge is 0.325 e. The number of hydrogen-bond donors (Lipinski definition) is 1. The molecular weight excluding hydrogens is 330 g/mol. The number of amides is 4.